The van der Waals surface area contributed by atoms with E-state index < -0.39 is 0 Å². The van der Waals surface area contributed by atoms with Crippen molar-refractivity contribution in [3.8, 4) is 11.1 Å². The standard InChI is InChI=1S/C20H13N3S3/c24-20-23-17-16(25-20)11-10-13(12-6-2-1-3-7-12)18(17)26-19-21-14-8-4-5-9-15(14)22-19/h1-11H,(H,21,22)(H,23,24). The van der Waals surface area contributed by atoms with Crippen molar-refractivity contribution in [2.24, 2.45) is 0 Å². The summed E-state index contributed by atoms with van der Waals surface area (Å²) in [6, 6.07) is 22.8. The number of hydrogen-bond donors (Lipinski definition) is 2. The van der Waals surface area contributed by atoms with E-state index >= 15 is 0 Å². The van der Waals surface area contributed by atoms with Crippen molar-refractivity contribution in [2.75, 3.05) is 0 Å². The lowest BCUT2D eigenvalue weighted by atomic mass is 10.1. The maximum Gasteiger partial charge on any atom is 0.171 e. The molecule has 5 aromatic rings. The summed E-state index contributed by atoms with van der Waals surface area (Å²) in [5, 5.41) is 0.876. The van der Waals surface area contributed by atoms with Crippen LogP contribution in [0.5, 0.6) is 0 Å². The van der Waals surface area contributed by atoms with Gasteiger partial charge in [0.1, 0.15) is 0 Å². The van der Waals surface area contributed by atoms with E-state index in [4.69, 9.17) is 17.2 Å². The Morgan fingerprint density at radius 3 is 2.54 bits per heavy atom. The third-order valence-electron chi connectivity index (χ3n) is 4.20. The lowest BCUT2D eigenvalue weighted by Gasteiger charge is -2.09. The van der Waals surface area contributed by atoms with Gasteiger partial charge in [-0.3, -0.25) is 0 Å². The predicted molar refractivity (Wildman–Crippen MR) is 113 cm³/mol. The highest BCUT2D eigenvalue weighted by Crippen LogP contribution is 2.41. The second kappa shape index (κ2) is 6.39. The maximum atomic E-state index is 5.38. The SMILES string of the molecule is S=c1[nH]c2c(Sc3nc4ccccc4[nH]3)c(-c3ccccc3)ccc2s1. The molecule has 0 unspecified atom stereocenters. The van der Waals surface area contributed by atoms with Crippen LogP contribution in [0.1, 0.15) is 0 Å². The molecule has 0 atom stereocenters. The quantitative estimate of drug-likeness (QED) is 0.338. The van der Waals surface area contributed by atoms with Crippen molar-refractivity contribution >= 4 is 56.6 Å². The van der Waals surface area contributed by atoms with Gasteiger partial charge in [0.05, 0.1) is 21.3 Å². The summed E-state index contributed by atoms with van der Waals surface area (Å²) in [6.45, 7) is 0. The number of hydrogen-bond acceptors (Lipinski definition) is 4. The van der Waals surface area contributed by atoms with E-state index in [1.807, 2.05) is 30.3 Å². The number of rotatable bonds is 3. The average molecular weight is 392 g/mol. The van der Waals surface area contributed by atoms with Crippen LogP contribution in [0.15, 0.2) is 76.8 Å². The number of H-pyrrole nitrogens is 2. The van der Waals surface area contributed by atoms with Crippen molar-refractivity contribution in [3.05, 3.63) is 70.7 Å². The molecule has 3 aromatic carbocycles. The smallest absolute Gasteiger partial charge is 0.171 e. The molecule has 0 saturated carbocycles. The van der Waals surface area contributed by atoms with Crippen molar-refractivity contribution < 1.29 is 0 Å². The van der Waals surface area contributed by atoms with E-state index in [0.29, 0.717) is 0 Å². The Hall–Kier alpha value is -2.41. The molecule has 3 nitrogen and oxygen atoms in total. The molecule has 2 N–H and O–H groups in total. The number of nitrogens with zero attached hydrogens (tertiary/aromatic N) is 1. The van der Waals surface area contributed by atoms with Gasteiger partial charge in [-0.05, 0) is 53.3 Å². The lowest BCUT2D eigenvalue weighted by Crippen LogP contribution is -1.86. The fraction of sp³-hybridized carbons (Fsp3) is 0. The van der Waals surface area contributed by atoms with Gasteiger partial charge in [0.2, 0.25) is 0 Å². The van der Waals surface area contributed by atoms with Crippen LogP contribution in [0.2, 0.25) is 0 Å². The van der Waals surface area contributed by atoms with E-state index in [0.717, 1.165) is 35.3 Å². The van der Waals surface area contributed by atoms with Gasteiger partial charge in [-0.1, -0.05) is 48.5 Å². The molecule has 0 aliphatic carbocycles. The number of aromatic amines is 2. The molecule has 0 amide bonds. The topological polar surface area (TPSA) is 44.5 Å². The minimum Gasteiger partial charge on any atom is -0.336 e. The number of imidazole rings is 1. The van der Waals surface area contributed by atoms with Crippen molar-refractivity contribution in [1.82, 2.24) is 15.0 Å². The summed E-state index contributed by atoms with van der Waals surface area (Å²) in [6.07, 6.45) is 0. The number of para-hydroxylation sites is 2. The summed E-state index contributed by atoms with van der Waals surface area (Å²) in [5.41, 5.74) is 5.45. The first-order valence-corrected chi connectivity index (χ1v) is 10.2. The van der Waals surface area contributed by atoms with Crippen LogP contribution in [0.3, 0.4) is 0 Å². The average Bonchev–Trinajstić information content (AvgIpc) is 3.24. The van der Waals surface area contributed by atoms with E-state index in [2.05, 4.69) is 46.4 Å². The van der Waals surface area contributed by atoms with Gasteiger partial charge in [-0.25, -0.2) is 4.98 Å². The Balaban J connectivity index is 1.72. The van der Waals surface area contributed by atoms with Crippen molar-refractivity contribution in [1.29, 1.82) is 0 Å². The predicted octanol–water partition coefficient (Wildman–Crippen LogP) is 6.65. The van der Waals surface area contributed by atoms with E-state index in [1.165, 1.54) is 11.1 Å². The molecule has 126 valence electrons. The molecule has 0 radical (unpaired) electrons. The molecule has 5 rings (SSSR count). The fourth-order valence-corrected chi connectivity index (χ4v) is 5.26. The van der Waals surface area contributed by atoms with Crippen LogP contribution < -0.4 is 0 Å². The molecule has 0 fully saturated rings. The Labute approximate surface area is 163 Å². The molecular weight excluding hydrogens is 378 g/mol. The van der Waals surface area contributed by atoms with Crippen LogP contribution >= 0.6 is 35.3 Å². The van der Waals surface area contributed by atoms with Crippen LogP contribution in [0.4, 0.5) is 0 Å². The molecule has 2 heterocycles. The number of fused-ring (bicyclic) bond motifs is 2. The second-order valence-corrected chi connectivity index (χ2v) is 8.58. The molecule has 6 heteroatoms. The zero-order valence-corrected chi connectivity index (χ0v) is 16.0. The van der Waals surface area contributed by atoms with Gasteiger partial charge in [-0.2, -0.15) is 0 Å². The molecular formula is C20H13N3S3. The van der Waals surface area contributed by atoms with Crippen LogP contribution in [-0.2, 0) is 0 Å². The zero-order chi connectivity index (χ0) is 17.5. The Morgan fingerprint density at radius 1 is 0.885 bits per heavy atom. The number of benzene rings is 3. The monoisotopic (exact) mass is 391 g/mol. The minimum absolute atomic E-state index is 0.789. The molecule has 0 spiro atoms. The third kappa shape index (κ3) is 2.76. The summed E-state index contributed by atoms with van der Waals surface area (Å²) in [7, 11) is 0. The molecule has 2 aromatic heterocycles. The number of nitrogens with one attached hydrogen (secondary N) is 2. The summed E-state index contributed by atoms with van der Waals surface area (Å²) >= 11 is 8.62. The molecule has 0 saturated heterocycles. The largest absolute Gasteiger partial charge is 0.336 e. The van der Waals surface area contributed by atoms with E-state index in [-0.39, 0.29) is 0 Å². The highest BCUT2D eigenvalue weighted by molar-refractivity contribution is 7.99. The lowest BCUT2D eigenvalue weighted by molar-refractivity contribution is 1.08. The van der Waals surface area contributed by atoms with Crippen LogP contribution in [-0.4, -0.2) is 15.0 Å². The first-order valence-electron chi connectivity index (χ1n) is 8.12. The second-order valence-electron chi connectivity index (χ2n) is 5.86. The molecule has 26 heavy (non-hydrogen) atoms. The van der Waals surface area contributed by atoms with E-state index in [9.17, 15) is 0 Å². The Morgan fingerprint density at radius 2 is 1.69 bits per heavy atom. The fourth-order valence-electron chi connectivity index (χ4n) is 3.02. The normalized spacial score (nSPS) is 11.4. The Kier molecular flexibility index (Phi) is 3.89. The van der Waals surface area contributed by atoms with Gasteiger partial charge in [-0.15, -0.1) is 11.3 Å². The highest BCUT2D eigenvalue weighted by Gasteiger charge is 2.15. The van der Waals surface area contributed by atoms with Gasteiger partial charge in [0, 0.05) is 4.90 Å². The third-order valence-corrected chi connectivity index (χ3v) is 6.41. The molecule has 0 aliphatic rings. The summed E-state index contributed by atoms with van der Waals surface area (Å²) < 4.78 is 1.95. The van der Waals surface area contributed by atoms with Crippen LogP contribution in [0, 0.1) is 3.95 Å². The first-order chi connectivity index (χ1) is 12.8. The summed E-state index contributed by atoms with van der Waals surface area (Å²) in [4.78, 5) is 12.6. The van der Waals surface area contributed by atoms with E-state index in [1.54, 1.807) is 23.1 Å². The first kappa shape index (κ1) is 15.8. The summed E-state index contributed by atoms with van der Waals surface area (Å²) in [5.74, 6) is 0. The van der Waals surface area contributed by atoms with Gasteiger partial charge in [0.15, 0.2) is 9.11 Å². The van der Waals surface area contributed by atoms with Crippen molar-refractivity contribution in [3.63, 3.8) is 0 Å². The van der Waals surface area contributed by atoms with Gasteiger partial charge < -0.3 is 9.97 Å². The van der Waals surface area contributed by atoms with Crippen LogP contribution in [0.25, 0.3) is 32.4 Å². The number of aromatic nitrogens is 3. The molecule has 0 aliphatic heterocycles. The maximum absolute atomic E-state index is 5.38. The van der Waals surface area contributed by atoms with Gasteiger partial charge >= 0.3 is 0 Å². The Bertz CT molecular complexity index is 1250. The highest BCUT2D eigenvalue weighted by atomic mass is 32.2. The van der Waals surface area contributed by atoms with Crippen molar-refractivity contribution in [2.45, 2.75) is 10.1 Å². The van der Waals surface area contributed by atoms with Gasteiger partial charge in [0.25, 0.3) is 0 Å². The molecule has 0 bridgehead atoms. The minimum atomic E-state index is 0.789. The zero-order valence-electron chi connectivity index (χ0n) is 13.5. The number of thiazole rings is 1.